The predicted molar refractivity (Wildman–Crippen MR) is 73.7 cm³/mol. The number of nitrogens with one attached hydrogen (secondary N) is 2. The Labute approximate surface area is 118 Å². The van der Waals surface area contributed by atoms with Crippen molar-refractivity contribution in [2.75, 3.05) is 18.5 Å². The molecule has 8 nitrogen and oxygen atoms in total. The van der Waals surface area contributed by atoms with Gasteiger partial charge in [0.2, 0.25) is 11.8 Å². The maximum absolute atomic E-state index is 11.3. The van der Waals surface area contributed by atoms with Crippen molar-refractivity contribution in [3.8, 4) is 0 Å². The molecule has 1 aliphatic heterocycles. The first-order chi connectivity index (χ1) is 9.65. The van der Waals surface area contributed by atoms with E-state index in [1.807, 2.05) is 11.4 Å². The Hall–Kier alpha value is -2.10. The minimum absolute atomic E-state index is 0.156. The smallest absolute Gasteiger partial charge is 0.240 e. The third-order valence-corrected chi connectivity index (χ3v) is 3.69. The molecule has 0 spiro atoms. The molecule has 0 aliphatic carbocycles. The Morgan fingerprint density at radius 3 is 2.80 bits per heavy atom. The normalized spacial score (nSPS) is 16.4. The van der Waals surface area contributed by atoms with Gasteiger partial charge in [-0.15, -0.1) is 11.3 Å². The van der Waals surface area contributed by atoms with E-state index in [0.29, 0.717) is 18.2 Å². The summed E-state index contributed by atoms with van der Waals surface area (Å²) in [5.74, 6) is 5.90. The average Bonchev–Trinajstić information content (AvgIpc) is 2.84. The molecule has 2 amide bonds. The molecule has 0 unspecified atom stereocenters. The number of nitrogens with zero attached hydrogens (tertiary/aromatic N) is 3. The number of imide groups is 1. The summed E-state index contributed by atoms with van der Waals surface area (Å²) in [4.78, 5) is 33.9. The molecule has 3 rings (SSSR count). The fourth-order valence-electron chi connectivity index (χ4n) is 2.09. The van der Waals surface area contributed by atoms with Crippen LogP contribution in [0.5, 0.6) is 0 Å². The average molecular weight is 292 g/mol. The van der Waals surface area contributed by atoms with Gasteiger partial charge in [0.15, 0.2) is 5.82 Å². The van der Waals surface area contributed by atoms with Crippen LogP contribution < -0.4 is 16.6 Å². The molecule has 0 atom stereocenters. The van der Waals surface area contributed by atoms with Gasteiger partial charge in [-0.2, -0.15) is 0 Å². The van der Waals surface area contributed by atoms with Crippen molar-refractivity contribution in [3.63, 3.8) is 0 Å². The van der Waals surface area contributed by atoms with Crippen molar-refractivity contribution in [1.82, 2.24) is 20.2 Å². The van der Waals surface area contributed by atoms with E-state index in [2.05, 4.69) is 20.7 Å². The minimum Gasteiger partial charge on any atom is -0.308 e. The number of fused-ring (bicyclic) bond motifs is 1. The Balaban J connectivity index is 1.86. The van der Waals surface area contributed by atoms with Crippen LogP contribution in [0.3, 0.4) is 0 Å². The van der Waals surface area contributed by atoms with Crippen molar-refractivity contribution in [3.05, 3.63) is 17.3 Å². The van der Waals surface area contributed by atoms with Crippen LogP contribution in [-0.2, 0) is 16.1 Å². The maximum atomic E-state index is 11.3. The predicted octanol–water partition coefficient (Wildman–Crippen LogP) is -0.565. The van der Waals surface area contributed by atoms with Crippen molar-refractivity contribution in [2.24, 2.45) is 5.84 Å². The van der Waals surface area contributed by atoms with E-state index in [1.165, 1.54) is 11.3 Å². The number of hydrogen-bond donors (Lipinski definition) is 3. The van der Waals surface area contributed by atoms with Gasteiger partial charge < -0.3 is 5.43 Å². The highest BCUT2D eigenvalue weighted by Crippen LogP contribution is 2.24. The van der Waals surface area contributed by atoms with E-state index in [0.717, 1.165) is 10.2 Å². The van der Waals surface area contributed by atoms with E-state index >= 15 is 0 Å². The summed E-state index contributed by atoms with van der Waals surface area (Å²) in [5, 5.41) is 5.01. The number of carbonyl (C=O) groups excluding carboxylic acids is 2. The number of aromatic nitrogens is 2. The van der Waals surface area contributed by atoms with E-state index in [1.54, 1.807) is 4.90 Å². The third-order valence-electron chi connectivity index (χ3n) is 2.89. The number of hydrazine groups is 1. The lowest BCUT2D eigenvalue weighted by Gasteiger charge is -2.24. The van der Waals surface area contributed by atoms with Gasteiger partial charge in [-0.25, -0.2) is 15.8 Å². The Morgan fingerprint density at radius 2 is 2.10 bits per heavy atom. The first-order valence-electron chi connectivity index (χ1n) is 5.91. The lowest BCUT2D eigenvalue weighted by molar-refractivity contribution is -0.136. The van der Waals surface area contributed by atoms with Crippen molar-refractivity contribution < 1.29 is 9.59 Å². The van der Waals surface area contributed by atoms with Gasteiger partial charge in [-0.1, -0.05) is 0 Å². The lowest BCUT2D eigenvalue weighted by Crippen LogP contribution is -2.51. The molecule has 2 aromatic rings. The molecular weight excluding hydrogens is 280 g/mol. The van der Waals surface area contributed by atoms with Crippen LogP contribution in [0, 0.1) is 0 Å². The first-order valence-corrected chi connectivity index (χ1v) is 6.79. The molecule has 0 bridgehead atoms. The van der Waals surface area contributed by atoms with Crippen molar-refractivity contribution in [1.29, 1.82) is 0 Å². The molecule has 0 saturated carbocycles. The first kappa shape index (κ1) is 12.9. The van der Waals surface area contributed by atoms with Crippen LogP contribution in [0.25, 0.3) is 10.2 Å². The molecule has 4 N–H and O–H groups in total. The zero-order valence-electron chi connectivity index (χ0n) is 10.4. The summed E-state index contributed by atoms with van der Waals surface area (Å²) < 4.78 is 0. The summed E-state index contributed by atoms with van der Waals surface area (Å²) >= 11 is 1.48. The lowest BCUT2D eigenvalue weighted by atomic mass is 10.3. The van der Waals surface area contributed by atoms with Gasteiger partial charge in [0.1, 0.15) is 10.7 Å². The van der Waals surface area contributed by atoms with Crippen LogP contribution in [0.1, 0.15) is 5.82 Å². The van der Waals surface area contributed by atoms with Crippen molar-refractivity contribution in [2.45, 2.75) is 6.54 Å². The number of carbonyl (C=O) groups is 2. The number of nitrogen functional groups attached to an aromatic ring is 1. The summed E-state index contributed by atoms with van der Waals surface area (Å²) in [6.45, 7) is 0.633. The number of piperazine rings is 1. The molecule has 0 aromatic carbocycles. The number of nitrogens with two attached hydrogens (primary N) is 1. The third kappa shape index (κ3) is 2.46. The standard InChI is InChI=1S/C11H12N6O2S/c12-16-10-6-1-2-20-11(6)14-7(13-10)3-17-4-8(18)15-9(19)5-17/h1-2H,3-5,12H2,(H,13,14,16)(H,15,18,19). The number of rotatable bonds is 3. The SMILES string of the molecule is NNc1nc(CN2CC(=O)NC(=O)C2)nc2sccc12. The van der Waals surface area contributed by atoms with Gasteiger partial charge in [0, 0.05) is 0 Å². The summed E-state index contributed by atoms with van der Waals surface area (Å²) in [6.07, 6.45) is 0. The largest absolute Gasteiger partial charge is 0.308 e. The molecule has 1 saturated heterocycles. The Morgan fingerprint density at radius 1 is 1.35 bits per heavy atom. The van der Waals surface area contributed by atoms with E-state index in [4.69, 9.17) is 5.84 Å². The van der Waals surface area contributed by atoms with E-state index in [-0.39, 0.29) is 24.9 Å². The Kier molecular flexibility index (Phi) is 3.30. The summed E-state index contributed by atoms with van der Waals surface area (Å²) in [7, 11) is 0. The number of hydrogen-bond acceptors (Lipinski definition) is 8. The fourth-order valence-corrected chi connectivity index (χ4v) is 2.87. The molecule has 104 valence electrons. The van der Waals surface area contributed by atoms with Crippen LogP contribution in [-0.4, -0.2) is 39.8 Å². The van der Waals surface area contributed by atoms with Gasteiger partial charge in [0.05, 0.1) is 25.0 Å². The van der Waals surface area contributed by atoms with Gasteiger partial charge in [-0.05, 0) is 11.4 Å². The number of thiophene rings is 1. The zero-order chi connectivity index (χ0) is 14.1. The molecular formula is C11H12N6O2S. The van der Waals surface area contributed by atoms with Crippen LogP contribution >= 0.6 is 11.3 Å². The second-order valence-electron chi connectivity index (χ2n) is 4.39. The topological polar surface area (TPSA) is 113 Å². The monoisotopic (exact) mass is 292 g/mol. The minimum atomic E-state index is -0.310. The van der Waals surface area contributed by atoms with Crippen LogP contribution in [0.15, 0.2) is 11.4 Å². The molecule has 0 radical (unpaired) electrons. The highest BCUT2D eigenvalue weighted by molar-refractivity contribution is 7.16. The summed E-state index contributed by atoms with van der Waals surface area (Å²) in [5.41, 5.74) is 2.54. The molecule has 3 heterocycles. The molecule has 2 aromatic heterocycles. The quantitative estimate of drug-likeness (QED) is 0.394. The zero-order valence-corrected chi connectivity index (χ0v) is 11.2. The van der Waals surface area contributed by atoms with Crippen LogP contribution in [0.4, 0.5) is 5.82 Å². The number of amides is 2. The highest BCUT2D eigenvalue weighted by atomic mass is 32.1. The highest BCUT2D eigenvalue weighted by Gasteiger charge is 2.23. The molecule has 1 fully saturated rings. The van der Waals surface area contributed by atoms with Gasteiger partial charge in [0.25, 0.3) is 0 Å². The van der Waals surface area contributed by atoms with Gasteiger partial charge >= 0.3 is 0 Å². The maximum Gasteiger partial charge on any atom is 0.240 e. The van der Waals surface area contributed by atoms with Crippen LogP contribution in [0.2, 0.25) is 0 Å². The van der Waals surface area contributed by atoms with Crippen molar-refractivity contribution >= 4 is 39.2 Å². The molecule has 20 heavy (non-hydrogen) atoms. The fraction of sp³-hybridized carbons (Fsp3) is 0.273. The van der Waals surface area contributed by atoms with Gasteiger partial charge in [-0.3, -0.25) is 19.8 Å². The Bertz CT molecular complexity index is 669. The molecule has 1 aliphatic rings. The number of anilines is 1. The van der Waals surface area contributed by atoms with E-state index < -0.39 is 0 Å². The molecule has 9 heteroatoms. The summed E-state index contributed by atoms with van der Waals surface area (Å²) in [6, 6.07) is 1.89. The second kappa shape index (κ2) is 5.12. The second-order valence-corrected chi connectivity index (χ2v) is 5.28. The van der Waals surface area contributed by atoms with E-state index in [9.17, 15) is 9.59 Å².